The quantitative estimate of drug-likeness (QED) is 0.419. The van der Waals surface area contributed by atoms with Gasteiger partial charge in [-0.1, -0.05) is 6.07 Å². The van der Waals surface area contributed by atoms with Crippen molar-refractivity contribution in [1.29, 1.82) is 0 Å². The van der Waals surface area contributed by atoms with Gasteiger partial charge in [-0.3, -0.25) is 0 Å². The summed E-state index contributed by atoms with van der Waals surface area (Å²) in [6, 6.07) is 5.48. The minimum absolute atomic E-state index is 0.263. The van der Waals surface area contributed by atoms with Crippen molar-refractivity contribution in [3.63, 3.8) is 0 Å². The minimum Gasteiger partial charge on any atom is -0.391 e. The molecule has 0 bridgehead atoms. The van der Waals surface area contributed by atoms with Crippen LogP contribution in [0, 0.1) is 5.92 Å². The molecule has 1 aromatic rings. The number of nitrogens with two attached hydrogens (primary N) is 1. The van der Waals surface area contributed by atoms with E-state index in [1.807, 2.05) is 12.1 Å². The Bertz CT molecular complexity index is 327. The molecule has 1 atom stereocenters. The number of hydrazine groups is 1. The van der Waals surface area contributed by atoms with Gasteiger partial charge in [0.1, 0.15) is 11.6 Å². The summed E-state index contributed by atoms with van der Waals surface area (Å²) in [5.74, 6) is 7.06. The van der Waals surface area contributed by atoms with Crippen molar-refractivity contribution in [2.45, 2.75) is 18.9 Å². The van der Waals surface area contributed by atoms with Crippen molar-refractivity contribution in [3.05, 3.63) is 18.2 Å². The van der Waals surface area contributed by atoms with E-state index in [1.54, 1.807) is 6.07 Å². The third-order valence-electron chi connectivity index (χ3n) is 2.56. The standard InChI is InChI=1S/C10H16N4O/c11-14-10-3-1-2-9(13-10)12-6-8(15)7-4-5-7/h1-3,7-8,15H,4-6,11H2,(H2,12,13,14). The third-order valence-corrected chi connectivity index (χ3v) is 2.56. The van der Waals surface area contributed by atoms with Crippen molar-refractivity contribution in [1.82, 2.24) is 4.98 Å². The monoisotopic (exact) mass is 208 g/mol. The number of nitrogen functional groups attached to an aromatic ring is 1. The summed E-state index contributed by atoms with van der Waals surface area (Å²) in [6.07, 6.45) is 2.02. The number of rotatable bonds is 5. The first-order chi connectivity index (χ1) is 7.29. The second-order valence-electron chi connectivity index (χ2n) is 3.84. The summed E-state index contributed by atoms with van der Waals surface area (Å²) < 4.78 is 0. The van der Waals surface area contributed by atoms with E-state index in [0.29, 0.717) is 18.3 Å². The number of aliphatic hydroxyl groups is 1. The van der Waals surface area contributed by atoms with E-state index in [9.17, 15) is 5.11 Å². The minimum atomic E-state index is -0.263. The zero-order chi connectivity index (χ0) is 10.7. The van der Waals surface area contributed by atoms with Crippen LogP contribution in [0.4, 0.5) is 11.6 Å². The molecule has 15 heavy (non-hydrogen) atoms. The van der Waals surface area contributed by atoms with Crippen LogP contribution in [0.15, 0.2) is 18.2 Å². The SMILES string of the molecule is NNc1cccc(NCC(O)C2CC2)n1. The molecule has 1 aromatic heterocycles. The van der Waals surface area contributed by atoms with Gasteiger partial charge in [-0.2, -0.15) is 0 Å². The van der Waals surface area contributed by atoms with Gasteiger partial charge in [0.25, 0.3) is 0 Å². The second kappa shape index (κ2) is 4.46. The van der Waals surface area contributed by atoms with E-state index in [-0.39, 0.29) is 6.10 Å². The van der Waals surface area contributed by atoms with Crippen LogP contribution >= 0.6 is 0 Å². The van der Waals surface area contributed by atoms with Crippen molar-refractivity contribution in [2.24, 2.45) is 11.8 Å². The van der Waals surface area contributed by atoms with E-state index in [2.05, 4.69) is 15.7 Å². The Balaban J connectivity index is 1.86. The van der Waals surface area contributed by atoms with Gasteiger partial charge in [0.05, 0.1) is 6.10 Å². The highest BCUT2D eigenvalue weighted by molar-refractivity contribution is 5.44. The maximum Gasteiger partial charge on any atom is 0.142 e. The maximum atomic E-state index is 9.65. The zero-order valence-corrected chi connectivity index (χ0v) is 8.48. The van der Waals surface area contributed by atoms with Crippen LogP contribution < -0.4 is 16.6 Å². The predicted octanol–water partition coefficient (Wildman–Crippen LogP) is 0.550. The molecule has 0 radical (unpaired) electrons. The summed E-state index contributed by atoms with van der Waals surface area (Å²) in [4.78, 5) is 4.18. The van der Waals surface area contributed by atoms with Crippen LogP contribution in [0.3, 0.4) is 0 Å². The Hall–Kier alpha value is -1.33. The highest BCUT2D eigenvalue weighted by Gasteiger charge is 2.29. The molecule has 1 fully saturated rings. The fourth-order valence-electron chi connectivity index (χ4n) is 1.47. The van der Waals surface area contributed by atoms with Gasteiger partial charge in [0, 0.05) is 6.54 Å². The lowest BCUT2D eigenvalue weighted by molar-refractivity contribution is 0.164. The molecule has 1 aliphatic carbocycles. The summed E-state index contributed by atoms with van der Waals surface area (Å²) in [5.41, 5.74) is 2.48. The Labute approximate surface area is 88.7 Å². The van der Waals surface area contributed by atoms with E-state index >= 15 is 0 Å². The average Bonchev–Trinajstić information content (AvgIpc) is 3.10. The Kier molecular flexibility index (Phi) is 3.03. The summed E-state index contributed by atoms with van der Waals surface area (Å²) in [7, 11) is 0. The average molecular weight is 208 g/mol. The molecule has 0 aliphatic heterocycles. The lowest BCUT2D eigenvalue weighted by Crippen LogP contribution is -2.22. The summed E-state index contributed by atoms with van der Waals surface area (Å²) in [5, 5.41) is 12.7. The third kappa shape index (κ3) is 2.81. The number of aliphatic hydroxyl groups excluding tert-OH is 1. The molecule has 5 nitrogen and oxygen atoms in total. The van der Waals surface area contributed by atoms with Crippen LogP contribution in [0.5, 0.6) is 0 Å². The number of hydrogen-bond donors (Lipinski definition) is 4. The molecule has 5 N–H and O–H groups in total. The van der Waals surface area contributed by atoms with Gasteiger partial charge in [-0.05, 0) is 30.9 Å². The van der Waals surface area contributed by atoms with Crippen LogP contribution in [0.25, 0.3) is 0 Å². The second-order valence-corrected chi connectivity index (χ2v) is 3.84. The van der Waals surface area contributed by atoms with Gasteiger partial charge in [0.2, 0.25) is 0 Å². The van der Waals surface area contributed by atoms with Crippen LogP contribution in [-0.4, -0.2) is 22.7 Å². The van der Waals surface area contributed by atoms with Crippen molar-refractivity contribution in [2.75, 3.05) is 17.3 Å². The molecule has 0 amide bonds. The van der Waals surface area contributed by atoms with E-state index in [0.717, 1.165) is 18.7 Å². The fraction of sp³-hybridized carbons (Fsp3) is 0.500. The summed E-state index contributed by atoms with van der Waals surface area (Å²) >= 11 is 0. The number of aromatic nitrogens is 1. The van der Waals surface area contributed by atoms with Crippen LogP contribution in [0.2, 0.25) is 0 Å². The molecule has 1 aliphatic rings. The molecular weight excluding hydrogens is 192 g/mol. The van der Waals surface area contributed by atoms with Crippen molar-refractivity contribution in [3.8, 4) is 0 Å². The van der Waals surface area contributed by atoms with Gasteiger partial charge in [0.15, 0.2) is 0 Å². The molecule has 5 heteroatoms. The molecule has 0 saturated heterocycles. The summed E-state index contributed by atoms with van der Waals surface area (Å²) in [6.45, 7) is 0.547. The number of anilines is 2. The first-order valence-corrected chi connectivity index (χ1v) is 5.15. The first-order valence-electron chi connectivity index (χ1n) is 5.15. The smallest absolute Gasteiger partial charge is 0.142 e. The normalized spacial score (nSPS) is 17.2. The molecule has 1 unspecified atom stereocenters. The molecule has 1 heterocycles. The molecular formula is C10H16N4O. The Morgan fingerprint density at radius 1 is 1.47 bits per heavy atom. The van der Waals surface area contributed by atoms with E-state index in [4.69, 9.17) is 5.84 Å². The van der Waals surface area contributed by atoms with Crippen LogP contribution in [0.1, 0.15) is 12.8 Å². The number of nitrogens with zero attached hydrogens (tertiary/aromatic N) is 1. The molecule has 2 rings (SSSR count). The first kappa shape index (κ1) is 10.2. The molecule has 0 spiro atoms. The lowest BCUT2D eigenvalue weighted by Gasteiger charge is -2.11. The van der Waals surface area contributed by atoms with E-state index < -0.39 is 0 Å². The number of pyridine rings is 1. The Morgan fingerprint density at radius 2 is 2.20 bits per heavy atom. The van der Waals surface area contributed by atoms with E-state index in [1.165, 1.54) is 0 Å². The van der Waals surface area contributed by atoms with Crippen LogP contribution in [-0.2, 0) is 0 Å². The molecule has 0 aromatic carbocycles. The molecule has 1 saturated carbocycles. The lowest BCUT2D eigenvalue weighted by atomic mass is 10.2. The highest BCUT2D eigenvalue weighted by Crippen LogP contribution is 2.32. The molecule has 82 valence electrons. The topological polar surface area (TPSA) is 83.2 Å². The maximum absolute atomic E-state index is 9.65. The Morgan fingerprint density at radius 3 is 2.87 bits per heavy atom. The van der Waals surface area contributed by atoms with Crippen molar-refractivity contribution >= 4 is 11.6 Å². The predicted molar refractivity (Wildman–Crippen MR) is 59.3 cm³/mol. The van der Waals surface area contributed by atoms with Crippen molar-refractivity contribution < 1.29 is 5.11 Å². The van der Waals surface area contributed by atoms with Gasteiger partial charge < -0.3 is 15.8 Å². The number of nitrogens with one attached hydrogen (secondary N) is 2. The van der Waals surface area contributed by atoms with Gasteiger partial charge in [-0.15, -0.1) is 0 Å². The largest absolute Gasteiger partial charge is 0.391 e. The van der Waals surface area contributed by atoms with Gasteiger partial charge in [-0.25, -0.2) is 10.8 Å². The highest BCUT2D eigenvalue weighted by atomic mass is 16.3. The fourth-order valence-corrected chi connectivity index (χ4v) is 1.47. The van der Waals surface area contributed by atoms with Gasteiger partial charge >= 0.3 is 0 Å². The number of hydrogen-bond acceptors (Lipinski definition) is 5. The zero-order valence-electron chi connectivity index (χ0n) is 8.48.